The van der Waals surface area contributed by atoms with Gasteiger partial charge in [0.25, 0.3) is 0 Å². The summed E-state index contributed by atoms with van der Waals surface area (Å²) in [6.45, 7) is -1.58. The van der Waals surface area contributed by atoms with Gasteiger partial charge in [0.1, 0.15) is 80.0 Å². The number of azide groups is 1. The van der Waals surface area contributed by atoms with Gasteiger partial charge >= 0.3 is 0 Å². The van der Waals surface area contributed by atoms with Crippen molar-refractivity contribution in [2.24, 2.45) is 22.3 Å². The monoisotopic (exact) mass is 569 g/mol. The molecule has 14 N–H and O–H groups in total. The van der Waals surface area contributed by atoms with E-state index in [0.29, 0.717) is 0 Å². The van der Waals surface area contributed by atoms with Gasteiger partial charge in [0.2, 0.25) is 5.91 Å². The highest BCUT2D eigenvalue weighted by atomic mass is 16.7. The van der Waals surface area contributed by atoms with Crippen LogP contribution in [0.2, 0.25) is 0 Å². The lowest BCUT2D eigenvalue weighted by Gasteiger charge is -2.47. The number of carbonyl (C=O) groups is 1. The van der Waals surface area contributed by atoms with E-state index in [1.807, 2.05) is 0 Å². The summed E-state index contributed by atoms with van der Waals surface area (Å²) in [5, 5.41) is 77.1. The lowest BCUT2D eigenvalue weighted by Crippen LogP contribution is -2.69. The van der Waals surface area contributed by atoms with Gasteiger partial charge in [-0.3, -0.25) is 4.79 Å². The highest BCUT2D eigenvalue weighted by Gasteiger charge is 2.52. The summed E-state index contributed by atoms with van der Waals surface area (Å²) >= 11 is 0. The Labute approximate surface area is 220 Å². The molecule has 39 heavy (non-hydrogen) atoms. The highest BCUT2D eigenvalue weighted by molar-refractivity contribution is 5.78. The number of hydrogen-bond acceptors (Lipinski definition) is 17. The van der Waals surface area contributed by atoms with Gasteiger partial charge in [0.15, 0.2) is 12.6 Å². The first kappa shape index (κ1) is 31.7. The minimum absolute atomic E-state index is 0.383. The molecular formula is C19H35N7O13. The van der Waals surface area contributed by atoms with Gasteiger partial charge in [-0.05, 0) is 5.53 Å². The van der Waals surface area contributed by atoms with Crippen molar-refractivity contribution in [2.45, 2.75) is 92.1 Å². The third-order valence-corrected chi connectivity index (χ3v) is 6.60. The summed E-state index contributed by atoms with van der Waals surface area (Å²) in [6.07, 6.45) is -21.8. The fraction of sp³-hybridized carbons (Fsp3) is 0.947. The molecule has 0 aromatic heterocycles. The Kier molecular flexibility index (Phi) is 11.1. The van der Waals surface area contributed by atoms with Gasteiger partial charge in [-0.25, -0.2) is 0 Å². The van der Waals surface area contributed by atoms with Crippen LogP contribution in [0.15, 0.2) is 5.11 Å². The standard InChI is InChI=1S/C19H35N7O13/c20-7-8(29)5(3-27)36-18(10(7)31)37-14-13(34)15(17(22)39-16(14)21)38-19-12(33)11(32)9(30)4(35-19)1-24-6(28)2-25-26-23/h4-5,7-19,27,29-34H,1-3,20-22H2,(H,24,28)/t4?,5?,7-,8-,9-,10?,11+,12?,13?,14+,15+,16-,17?,18-,19-/m1/s1. The summed E-state index contributed by atoms with van der Waals surface area (Å²) in [4.78, 5) is 14.1. The number of nitrogens with one attached hydrogen (secondary N) is 1. The Hall–Kier alpha value is -1.82. The summed E-state index contributed by atoms with van der Waals surface area (Å²) in [5.74, 6) is -0.712. The van der Waals surface area contributed by atoms with Crippen LogP contribution in [0.25, 0.3) is 10.4 Å². The van der Waals surface area contributed by atoms with E-state index in [2.05, 4.69) is 15.3 Å². The van der Waals surface area contributed by atoms with Crippen LogP contribution < -0.4 is 22.5 Å². The van der Waals surface area contributed by atoms with Crippen molar-refractivity contribution in [3.63, 3.8) is 0 Å². The molecule has 3 saturated heterocycles. The molecule has 3 aliphatic rings. The maximum atomic E-state index is 11.7. The van der Waals surface area contributed by atoms with Crippen LogP contribution in [0.1, 0.15) is 0 Å². The van der Waals surface area contributed by atoms with E-state index in [1.54, 1.807) is 0 Å². The SMILES string of the molecule is [N-]=[N+]=NCC(=O)NCC1O[C@H](O[C@@H]2C(N)O[C@@H](N)[C@@H](O[C@H]3OC(CO)[C@@H](O)[C@@H](N)C3O)C2O)C(O)[C@@H](O)[C@@H]1O. The molecule has 0 radical (unpaired) electrons. The Morgan fingerprint density at radius 1 is 0.821 bits per heavy atom. The average Bonchev–Trinajstić information content (AvgIpc) is 2.91. The van der Waals surface area contributed by atoms with Crippen molar-refractivity contribution >= 4 is 5.91 Å². The van der Waals surface area contributed by atoms with Crippen LogP contribution >= 0.6 is 0 Å². The minimum atomic E-state index is -1.85. The molecule has 0 bridgehead atoms. The molecular weight excluding hydrogens is 534 g/mol. The first-order valence-corrected chi connectivity index (χ1v) is 11.9. The van der Waals surface area contributed by atoms with Crippen molar-refractivity contribution in [1.82, 2.24) is 5.32 Å². The van der Waals surface area contributed by atoms with Gasteiger partial charge in [0, 0.05) is 11.5 Å². The lowest BCUT2D eigenvalue weighted by molar-refractivity contribution is -0.356. The van der Waals surface area contributed by atoms with Crippen LogP contribution in [0.5, 0.6) is 0 Å². The minimum Gasteiger partial charge on any atom is -0.394 e. The van der Waals surface area contributed by atoms with Crippen LogP contribution in [0.4, 0.5) is 0 Å². The van der Waals surface area contributed by atoms with Crippen LogP contribution in [-0.2, 0) is 28.5 Å². The summed E-state index contributed by atoms with van der Waals surface area (Å²) in [6, 6.07) is -1.28. The number of aliphatic hydroxyl groups excluding tert-OH is 7. The predicted molar refractivity (Wildman–Crippen MR) is 122 cm³/mol. The number of aliphatic hydroxyl groups is 7. The maximum Gasteiger partial charge on any atom is 0.225 e. The van der Waals surface area contributed by atoms with E-state index < -0.39 is 111 Å². The fourth-order valence-corrected chi connectivity index (χ4v) is 4.33. The Bertz CT molecular complexity index is 870. The van der Waals surface area contributed by atoms with Crippen molar-refractivity contribution < 1.29 is 64.2 Å². The number of nitrogens with zero attached hydrogens (tertiary/aromatic N) is 3. The van der Waals surface area contributed by atoms with Crippen LogP contribution in [0.3, 0.4) is 0 Å². The Balaban J connectivity index is 1.69. The molecule has 3 aliphatic heterocycles. The number of nitrogens with two attached hydrogens (primary N) is 3. The third kappa shape index (κ3) is 7.10. The second-order valence-corrected chi connectivity index (χ2v) is 9.25. The maximum absolute atomic E-state index is 11.7. The van der Waals surface area contributed by atoms with E-state index in [0.717, 1.165) is 0 Å². The molecule has 0 aliphatic carbocycles. The van der Waals surface area contributed by atoms with Crippen molar-refractivity contribution in [3.05, 3.63) is 10.4 Å². The highest BCUT2D eigenvalue weighted by Crippen LogP contribution is 2.30. The molecule has 0 aromatic rings. The normalized spacial score (nSPS) is 46.8. The smallest absolute Gasteiger partial charge is 0.225 e. The predicted octanol–water partition coefficient (Wildman–Crippen LogP) is -7.28. The molecule has 0 aromatic carbocycles. The number of hydrogen-bond donors (Lipinski definition) is 11. The molecule has 224 valence electrons. The van der Waals surface area contributed by atoms with Crippen molar-refractivity contribution in [3.8, 4) is 0 Å². The zero-order chi connectivity index (χ0) is 29.0. The van der Waals surface area contributed by atoms with Crippen LogP contribution in [-0.4, -0.2) is 153 Å². The van der Waals surface area contributed by atoms with Gasteiger partial charge in [0.05, 0.1) is 12.6 Å². The summed E-state index contributed by atoms with van der Waals surface area (Å²) < 4.78 is 27.4. The van der Waals surface area contributed by atoms with Gasteiger partial charge in [-0.2, -0.15) is 0 Å². The molecule has 0 saturated carbocycles. The number of amides is 1. The van der Waals surface area contributed by atoms with Gasteiger partial charge < -0.3 is 81.9 Å². The average molecular weight is 570 g/mol. The van der Waals surface area contributed by atoms with E-state index in [4.69, 9.17) is 46.4 Å². The van der Waals surface area contributed by atoms with Crippen LogP contribution in [0, 0.1) is 0 Å². The molecule has 0 spiro atoms. The van der Waals surface area contributed by atoms with E-state index in [9.17, 15) is 40.5 Å². The van der Waals surface area contributed by atoms with E-state index in [-0.39, 0.29) is 6.54 Å². The number of rotatable bonds is 9. The van der Waals surface area contributed by atoms with Crippen molar-refractivity contribution in [2.75, 3.05) is 19.7 Å². The summed E-state index contributed by atoms with van der Waals surface area (Å²) in [7, 11) is 0. The first-order valence-electron chi connectivity index (χ1n) is 11.9. The molecule has 3 fully saturated rings. The van der Waals surface area contributed by atoms with E-state index >= 15 is 0 Å². The second-order valence-electron chi connectivity index (χ2n) is 9.25. The quantitative estimate of drug-likeness (QED) is 0.0697. The largest absolute Gasteiger partial charge is 0.394 e. The van der Waals surface area contributed by atoms with Gasteiger partial charge in [-0.15, -0.1) is 0 Å². The number of carbonyl (C=O) groups excluding carboxylic acids is 1. The summed E-state index contributed by atoms with van der Waals surface area (Å²) in [5.41, 5.74) is 25.9. The first-order chi connectivity index (χ1) is 18.4. The van der Waals surface area contributed by atoms with E-state index in [1.165, 1.54) is 0 Å². The van der Waals surface area contributed by atoms with Crippen molar-refractivity contribution in [1.29, 1.82) is 0 Å². The molecule has 20 heteroatoms. The number of ether oxygens (including phenoxy) is 5. The lowest BCUT2D eigenvalue weighted by atomic mass is 9.96. The molecule has 6 unspecified atom stereocenters. The molecule has 15 atom stereocenters. The Morgan fingerprint density at radius 3 is 1.95 bits per heavy atom. The molecule has 1 amide bonds. The third-order valence-electron chi connectivity index (χ3n) is 6.60. The molecule has 3 rings (SSSR count). The zero-order valence-corrected chi connectivity index (χ0v) is 20.4. The topological polar surface area (TPSA) is 344 Å². The van der Waals surface area contributed by atoms with Gasteiger partial charge in [-0.1, -0.05) is 5.11 Å². The second kappa shape index (κ2) is 13.7. The zero-order valence-electron chi connectivity index (χ0n) is 20.4. The molecule has 20 nitrogen and oxygen atoms in total. The fourth-order valence-electron chi connectivity index (χ4n) is 4.33. The molecule has 3 heterocycles. The Morgan fingerprint density at radius 2 is 1.38 bits per heavy atom.